The first kappa shape index (κ1) is 15.4. The number of aryl methyl sites for hydroxylation is 1. The van der Waals surface area contributed by atoms with E-state index >= 15 is 0 Å². The minimum Gasteiger partial charge on any atom is -0.388 e. The molecule has 1 aromatic rings. The van der Waals surface area contributed by atoms with Gasteiger partial charge in [0, 0.05) is 0 Å². The SMILES string of the molecule is Cc1ccc(S(=O)(=O)O[C@@H]2[C@@H](O)[C@H](O)CO[C@H]2O)cc1. The minimum absolute atomic E-state index is 0.109. The van der Waals surface area contributed by atoms with Crippen LogP contribution < -0.4 is 0 Å². The summed E-state index contributed by atoms with van der Waals surface area (Å²) in [5.74, 6) is 0. The monoisotopic (exact) mass is 304 g/mol. The lowest BCUT2D eigenvalue weighted by atomic mass is 10.1. The summed E-state index contributed by atoms with van der Waals surface area (Å²) in [4.78, 5) is -0.109. The normalized spacial score (nSPS) is 31.2. The van der Waals surface area contributed by atoms with Gasteiger partial charge in [-0.15, -0.1) is 0 Å². The molecule has 0 aromatic heterocycles. The van der Waals surface area contributed by atoms with Gasteiger partial charge in [0.2, 0.25) is 0 Å². The maximum Gasteiger partial charge on any atom is 0.297 e. The van der Waals surface area contributed by atoms with E-state index in [1.807, 2.05) is 0 Å². The fourth-order valence-electron chi connectivity index (χ4n) is 1.79. The molecular weight excluding hydrogens is 288 g/mol. The van der Waals surface area contributed by atoms with Crippen LogP contribution in [-0.2, 0) is 19.0 Å². The number of ether oxygens (including phenoxy) is 1. The van der Waals surface area contributed by atoms with Gasteiger partial charge in [-0.3, -0.25) is 4.18 Å². The molecule has 7 nitrogen and oxygen atoms in total. The predicted molar refractivity (Wildman–Crippen MR) is 67.2 cm³/mol. The van der Waals surface area contributed by atoms with E-state index in [1.165, 1.54) is 12.1 Å². The molecular formula is C12H16O7S. The van der Waals surface area contributed by atoms with Crippen molar-refractivity contribution >= 4 is 10.1 Å². The van der Waals surface area contributed by atoms with E-state index in [1.54, 1.807) is 19.1 Å². The van der Waals surface area contributed by atoms with Crippen LogP contribution in [-0.4, -0.2) is 54.9 Å². The van der Waals surface area contributed by atoms with Gasteiger partial charge in [0.05, 0.1) is 11.5 Å². The van der Waals surface area contributed by atoms with E-state index in [0.717, 1.165) is 5.56 Å². The van der Waals surface area contributed by atoms with E-state index in [2.05, 4.69) is 0 Å². The van der Waals surface area contributed by atoms with Gasteiger partial charge in [-0.1, -0.05) is 17.7 Å². The zero-order valence-electron chi connectivity index (χ0n) is 10.7. The average Bonchev–Trinajstić information content (AvgIpc) is 2.40. The molecule has 2 rings (SSSR count). The van der Waals surface area contributed by atoms with Crippen LogP contribution in [0.25, 0.3) is 0 Å². The maximum atomic E-state index is 12.0. The Hall–Kier alpha value is -1.03. The first-order valence-electron chi connectivity index (χ1n) is 5.97. The van der Waals surface area contributed by atoms with Crippen LogP contribution >= 0.6 is 0 Å². The molecule has 0 amide bonds. The topological polar surface area (TPSA) is 113 Å². The van der Waals surface area contributed by atoms with Crippen molar-refractivity contribution < 1.29 is 32.7 Å². The number of aliphatic hydroxyl groups is 3. The average molecular weight is 304 g/mol. The van der Waals surface area contributed by atoms with Gasteiger partial charge in [0.15, 0.2) is 12.4 Å². The first-order chi connectivity index (χ1) is 9.31. The van der Waals surface area contributed by atoms with E-state index < -0.39 is 34.7 Å². The molecule has 20 heavy (non-hydrogen) atoms. The van der Waals surface area contributed by atoms with Crippen molar-refractivity contribution in [1.82, 2.24) is 0 Å². The second kappa shape index (κ2) is 5.76. The van der Waals surface area contributed by atoms with Crippen LogP contribution in [0.4, 0.5) is 0 Å². The predicted octanol–water partition coefficient (Wildman–Crippen LogP) is -0.861. The van der Waals surface area contributed by atoms with Crippen molar-refractivity contribution in [3.05, 3.63) is 29.8 Å². The zero-order chi connectivity index (χ0) is 14.9. The minimum atomic E-state index is -4.18. The van der Waals surface area contributed by atoms with E-state index in [0.29, 0.717) is 0 Å². The summed E-state index contributed by atoms with van der Waals surface area (Å²) in [5.41, 5.74) is 0.875. The van der Waals surface area contributed by atoms with Crippen LogP contribution in [0.2, 0.25) is 0 Å². The van der Waals surface area contributed by atoms with Gasteiger partial charge in [-0.2, -0.15) is 8.42 Å². The van der Waals surface area contributed by atoms with Crippen LogP contribution in [0.1, 0.15) is 5.56 Å². The number of rotatable bonds is 3. The van der Waals surface area contributed by atoms with Crippen LogP contribution in [0, 0.1) is 6.92 Å². The molecule has 0 saturated carbocycles. The molecule has 0 aliphatic carbocycles. The summed E-state index contributed by atoms with van der Waals surface area (Å²) in [6, 6.07) is 5.89. The highest BCUT2D eigenvalue weighted by atomic mass is 32.2. The Morgan fingerprint density at radius 2 is 1.80 bits per heavy atom. The van der Waals surface area contributed by atoms with Gasteiger partial charge < -0.3 is 20.1 Å². The fourth-order valence-corrected chi connectivity index (χ4v) is 2.87. The number of hydrogen-bond donors (Lipinski definition) is 3. The summed E-state index contributed by atoms with van der Waals surface area (Å²) < 4.78 is 33.6. The zero-order valence-corrected chi connectivity index (χ0v) is 11.5. The Morgan fingerprint density at radius 1 is 1.20 bits per heavy atom. The third-order valence-corrected chi connectivity index (χ3v) is 4.32. The van der Waals surface area contributed by atoms with Gasteiger partial charge in [-0.05, 0) is 19.1 Å². The fraction of sp³-hybridized carbons (Fsp3) is 0.500. The lowest BCUT2D eigenvalue weighted by Gasteiger charge is -2.34. The second-order valence-corrected chi connectivity index (χ2v) is 6.18. The largest absolute Gasteiger partial charge is 0.388 e. The van der Waals surface area contributed by atoms with E-state index in [9.17, 15) is 23.7 Å². The van der Waals surface area contributed by atoms with E-state index in [4.69, 9.17) is 8.92 Å². The Kier molecular flexibility index (Phi) is 4.43. The molecule has 112 valence electrons. The molecule has 0 bridgehead atoms. The smallest absolute Gasteiger partial charge is 0.297 e. The molecule has 1 saturated heterocycles. The van der Waals surface area contributed by atoms with Crippen molar-refractivity contribution in [3.63, 3.8) is 0 Å². The molecule has 3 N–H and O–H groups in total. The first-order valence-corrected chi connectivity index (χ1v) is 7.38. The van der Waals surface area contributed by atoms with Gasteiger partial charge in [0.1, 0.15) is 12.2 Å². The Bertz CT molecular complexity index is 554. The molecule has 1 aliphatic heterocycles. The summed E-state index contributed by atoms with van der Waals surface area (Å²) in [6.07, 6.45) is -6.09. The molecule has 1 heterocycles. The third-order valence-electron chi connectivity index (χ3n) is 3.00. The standard InChI is InChI=1S/C12H16O7S/c1-7-2-4-8(5-3-7)20(16,17)19-11-10(14)9(13)6-18-12(11)15/h2-5,9-15H,6H2,1H3/t9-,10+,11-,12-/m1/s1. The lowest BCUT2D eigenvalue weighted by Crippen LogP contribution is -2.54. The molecule has 0 radical (unpaired) electrons. The second-order valence-electron chi connectivity index (χ2n) is 4.61. The van der Waals surface area contributed by atoms with Crippen molar-refractivity contribution in [3.8, 4) is 0 Å². The third kappa shape index (κ3) is 3.17. The number of hydrogen-bond acceptors (Lipinski definition) is 7. The van der Waals surface area contributed by atoms with Crippen LogP contribution in [0.3, 0.4) is 0 Å². The summed E-state index contributed by atoms with van der Waals surface area (Å²) in [7, 11) is -4.18. The Labute approximate surface area is 116 Å². The van der Waals surface area contributed by atoms with Gasteiger partial charge in [0.25, 0.3) is 10.1 Å². The molecule has 0 spiro atoms. The van der Waals surface area contributed by atoms with Gasteiger partial charge >= 0.3 is 0 Å². The Morgan fingerprint density at radius 3 is 2.40 bits per heavy atom. The number of benzene rings is 1. The molecule has 4 atom stereocenters. The summed E-state index contributed by atoms with van der Waals surface area (Å²) in [6.45, 7) is 1.50. The highest BCUT2D eigenvalue weighted by Crippen LogP contribution is 2.22. The molecule has 1 aliphatic rings. The van der Waals surface area contributed by atoms with Crippen LogP contribution in [0.5, 0.6) is 0 Å². The van der Waals surface area contributed by atoms with Crippen molar-refractivity contribution in [2.45, 2.75) is 36.4 Å². The molecule has 1 aromatic carbocycles. The summed E-state index contributed by atoms with van der Waals surface area (Å²) in [5, 5.41) is 28.6. The molecule has 1 fully saturated rings. The quantitative estimate of drug-likeness (QED) is 0.623. The van der Waals surface area contributed by atoms with Crippen molar-refractivity contribution in [1.29, 1.82) is 0 Å². The number of aliphatic hydroxyl groups excluding tert-OH is 3. The van der Waals surface area contributed by atoms with Crippen molar-refractivity contribution in [2.75, 3.05) is 6.61 Å². The lowest BCUT2D eigenvalue weighted by molar-refractivity contribution is -0.244. The summed E-state index contributed by atoms with van der Waals surface area (Å²) >= 11 is 0. The maximum absolute atomic E-state index is 12.0. The van der Waals surface area contributed by atoms with E-state index in [-0.39, 0.29) is 11.5 Å². The highest BCUT2D eigenvalue weighted by molar-refractivity contribution is 7.86. The van der Waals surface area contributed by atoms with Crippen LogP contribution in [0.15, 0.2) is 29.2 Å². The van der Waals surface area contributed by atoms with Crippen molar-refractivity contribution in [2.24, 2.45) is 0 Å². The molecule has 8 heteroatoms. The van der Waals surface area contributed by atoms with Gasteiger partial charge in [-0.25, -0.2) is 0 Å². The highest BCUT2D eigenvalue weighted by Gasteiger charge is 2.41. The molecule has 0 unspecified atom stereocenters. The Balaban J connectivity index is 2.20.